The van der Waals surface area contributed by atoms with Gasteiger partial charge in [-0.25, -0.2) is 26.3 Å². The van der Waals surface area contributed by atoms with Gasteiger partial charge in [0.1, 0.15) is 11.6 Å². The fourth-order valence-corrected chi connectivity index (χ4v) is 1.37. The summed E-state index contributed by atoms with van der Waals surface area (Å²) in [6, 6.07) is 1.09. The molecule has 2 aromatic rings. The zero-order chi connectivity index (χ0) is 12.9. The molecule has 0 N–H and O–H groups in total. The van der Waals surface area contributed by atoms with Gasteiger partial charge in [0, 0.05) is 11.6 Å². The molecule has 0 radical (unpaired) electrons. The Morgan fingerprint density at radius 1 is 0.500 bits per heavy atom. The molecular weight excluding hydrogens is 260 g/mol. The van der Waals surface area contributed by atoms with Crippen LogP contribution in [0.25, 0.3) is 10.8 Å². The maximum atomic E-state index is 13.1. The molecule has 0 heterocycles. The first kappa shape index (κ1) is 14.9. The van der Waals surface area contributed by atoms with Gasteiger partial charge < -0.3 is 0 Å². The van der Waals surface area contributed by atoms with Crippen LogP contribution in [0.3, 0.4) is 0 Å². The zero-order valence-corrected chi connectivity index (χ0v) is 8.65. The predicted octanol–water partition coefficient (Wildman–Crippen LogP) is 0.618. The second-order valence-electron chi connectivity index (χ2n) is 3.07. The van der Waals surface area contributed by atoms with Crippen LogP contribution in [0, 0.1) is 46.8 Å². The Labute approximate surface area is 108 Å². The first-order chi connectivity index (χ1) is 7.86. The van der Waals surface area contributed by atoms with Crippen LogP contribution in [0.15, 0.2) is 0 Å². The number of rotatable bonds is 0. The van der Waals surface area contributed by atoms with Gasteiger partial charge >= 0.3 is 18.9 Å². The Bertz CT molecular complexity index is 638. The van der Waals surface area contributed by atoms with E-state index < -0.39 is 51.5 Å². The zero-order valence-electron chi connectivity index (χ0n) is 8.65. The Morgan fingerprint density at radius 3 is 1.44 bits per heavy atom. The van der Waals surface area contributed by atoms with Crippen molar-refractivity contribution in [1.29, 1.82) is 0 Å². The van der Waals surface area contributed by atoms with Crippen molar-refractivity contribution < 1.29 is 49.6 Å². The van der Waals surface area contributed by atoms with Gasteiger partial charge in [0.2, 0.25) is 0 Å². The molecule has 0 aliphatic carbocycles. The Morgan fingerprint density at radius 2 is 0.944 bits per heavy atom. The van der Waals surface area contributed by atoms with Gasteiger partial charge in [-0.3, -0.25) is 4.39 Å². The molecule has 0 saturated heterocycles. The summed E-state index contributed by atoms with van der Waals surface area (Å²) in [5, 5.41) is -3.16. The first-order valence-electron chi connectivity index (χ1n) is 4.07. The summed E-state index contributed by atoms with van der Waals surface area (Å²) in [5.41, 5.74) is 0. The van der Waals surface area contributed by atoms with E-state index in [9.17, 15) is 30.7 Å². The van der Waals surface area contributed by atoms with E-state index in [-0.39, 0.29) is 18.9 Å². The van der Waals surface area contributed by atoms with Gasteiger partial charge in [-0.1, -0.05) is 0 Å². The van der Waals surface area contributed by atoms with Crippen molar-refractivity contribution in [2.75, 3.05) is 0 Å². The van der Waals surface area contributed by atoms with Gasteiger partial charge in [-0.15, -0.1) is 6.07 Å². The van der Waals surface area contributed by atoms with Gasteiger partial charge in [0.15, 0.2) is 11.6 Å². The third-order valence-corrected chi connectivity index (χ3v) is 2.12. The Hall–Kier alpha value is -1.19. The van der Waals surface area contributed by atoms with Crippen molar-refractivity contribution in [3.63, 3.8) is 0 Å². The van der Waals surface area contributed by atoms with Crippen molar-refractivity contribution in [1.82, 2.24) is 0 Å². The van der Waals surface area contributed by atoms with Crippen LogP contribution in [0.1, 0.15) is 0 Å². The maximum Gasteiger partial charge on any atom is 1.00 e. The summed E-state index contributed by atoms with van der Waals surface area (Å²) in [6.07, 6.45) is 0. The summed E-state index contributed by atoms with van der Waals surface area (Å²) >= 11 is 0. The van der Waals surface area contributed by atoms with Crippen LogP contribution in [-0.4, -0.2) is 0 Å². The van der Waals surface area contributed by atoms with E-state index in [1.807, 2.05) is 0 Å². The van der Waals surface area contributed by atoms with Crippen molar-refractivity contribution in [3.8, 4) is 0 Å². The number of fused-ring (bicyclic) bond motifs is 1. The summed E-state index contributed by atoms with van der Waals surface area (Å²) in [6.45, 7) is 0. The average molecular weight is 260 g/mol. The second kappa shape index (κ2) is 4.82. The van der Waals surface area contributed by atoms with Crippen molar-refractivity contribution >= 4 is 10.8 Å². The van der Waals surface area contributed by atoms with Crippen molar-refractivity contribution in [2.24, 2.45) is 0 Å². The minimum Gasteiger partial charge on any atom is -0.281 e. The molecule has 90 valence electrons. The standard InChI is InChI=1S/C10F7.Li/c11-2-1-3(12)6(13)5-4(2)7(14)9(16)10(17)8(5)15;/q-1;+1. The molecule has 8 heteroatoms. The molecule has 0 saturated carbocycles. The molecule has 0 aliphatic heterocycles. The summed E-state index contributed by atoms with van der Waals surface area (Å²) in [4.78, 5) is 0. The number of benzene rings is 2. The molecule has 2 aromatic carbocycles. The molecule has 2 rings (SSSR count). The first-order valence-corrected chi connectivity index (χ1v) is 4.07. The van der Waals surface area contributed by atoms with Crippen molar-refractivity contribution in [3.05, 3.63) is 46.8 Å². The minimum absolute atomic E-state index is 0. The van der Waals surface area contributed by atoms with E-state index in [4.69, 9.17) is 0 Å². The quantitative estimate of drug-likeness (QED) is 0.214. The Kier molecular flexibility index (Phi) is 3.98. The molecule has 0 spiro atoms. The average Bonchev–Trinajstić information content (AvgIpc) is 2.28. The molecule has 18 heavy (non-hydrogen) atoms. The third-order valence-electron chi connectivity index (χ3n) is 2.12. The second-order valence-corrected chi connectivity index (χ2v) is 3.07. The maximum absolute atomic E-state index is 13.1. The molecule has 0 atom stereocenters. The van der Waals surface area contributed by atoms with E-state index in [2.05, 4.69) is 0 Å². The summed E-state index contributed by atoms with van der Waals surface area (Å²) in [7, 11) is 0. The monoisotopic (exact) mass is 260 g/mol. The largest absolute Gasteiger partial charge is 1.00 e. The fraction of sp³-hybridized carbons (Fsp3) is 0. The normalized spacial score (nSPS) is 10.6. The van der Waals surface area contributed by atoms with Crippen LogP contribution < -0.4 is 18.9 Å². The molecule has 0 nitrogen and oxygen atoms in total. The van der Waals surface area contributed by atoms with E-state index in [1.165, 1.54) is 0 Å². The number of halogens is 7. The van der Waals surface area contributed by atoms with Crippen LogP contribution >= 0.6 is 0 Å². The summed E-state index contributed by atoms with van der Waals surface area (Å²) < 4.78 is 90.4. The predicted molar refractivity (Wildman–Crippen MR) is 42.5 cm³/mol. The van der Waals surface area contributed by atoms with Crippen LogP contribution in [0.2, 0.25) is 0 Å². The molecule has 0 unspecified atom stereocenters. The summed E-state index contributed by atoms with van der Waals surface area (Å²) in [5.74, 6) is -14.9. The molecule has 0 aromatic heterocycles. The van der Waals surface area contributed by atoms with Crippen LogP contribution in [0.5, 0.6) is 0 Å². The topological polar surface area (TPSA) is 0 Å². The number of hydrogen-bond donors (Lipinski definition) is 0. The smallest absolute Gasteiger partial charge is 0.281 e. The molecule has 0 bridgehead atoms. The SMILES string of the molecule is Fc1[c-]c(F)c2c(F)c(F)c(F)c(F)c2c1F.[Li+]. The molecular formula is C10F7Li. The van der Waals surface area contributed by atoms with Gasteiger partial charge in [0.05, 0.1) is 5.82 Å². The van der Waals surface area contributed by atoms with Crippen LogP contribution in [0.4, 0.5) is 30.7 Å². The molecule has 0 aliphatic rings. The Balaban J connectivity index is 0.00000162. The molecule has 0 fully saturated rings. The van der Waals surface area contributed by atoms with E-state index >= 15 is 0 Å². The fourth-order valence-electron chi connectivity index (χ4n) is 1.37. The van der Waals surface area contributed by atoms with Gasteiger partial charge in [-0.2, -0.15) is 0 Å². The molecule has 0 amide bonds. The van der Waals surface area contributed by atoms with Gasteiger partial charge in [-0.05, 0) is 10.8 Å². The third kappa shape index (κ3) is 1.87. The van der Waals surface area contributed by atoms with E-state index in [0.717, 1.165) is 6.07 Å². The van der Waals surface area contributed by atoms with Gasteiger partial charge in [0.25, 0.3) is 0 Å². The minimum atomic E-state index is -2.35. The van der Waals surface area contributed by atoms with E-state index in [0.29, 0.717) is 0 Å². The number of hydrogen-bond acceptors (Lipinski definition) is 0. The van der Waals surface area contributed by atoms with E-state index in [1.54, 1.807) is 0 Å². The van der Waals surface area contributed by atoms with Crippen LogP contribution in [-0.2, 0) is 0 Å². The van der Waals surface area contributed by atoms with Crippen molar-refractivity contribution in [2.45, 2.75) is 0 Å².